The highest BCUT2D eigenvalue weighted by atomic mass is 79.9. The van der Waals surface area contributed by atoms with Gasteiger partial charge in [0.15, 0.2) is 0 Å². The van der Waals surface area contributed by atoms with Gasteiger partial charge in [0.1, 0.15) is 5.15 Å². The van der Waals surface area contributed by atoms with Crippen molar-refractivity contribution in [2.45, 2.75) is 39.2 Å². The van der Waals surface area contributed by atoms with Crippen LogP contribution in [0.3, 0.4) is 0 Å². The second-order valence-electron chi connectivity index (χ2n) is 5.07. The third kappa shape index (κ3) is 2.51. The van der Waals surface area contributed by atoms with Crippen LogP contribution in [0.1, 0.15) is 33.1 Å². The van der Waals surface area contributed by atoms with Crippen LogP contribution in [0.5, 0.6) is 0 Å². The highest BCUT2D eigenvalue weighted by Gasteiger charge is 2.34. The lowest BCUT2D eigenvalue weighted by molar-refractivity contribution is 0.350. The fourth-order valence-electron chi connectivity index (χ4n) is 2.30. The molecule has 2 nitrogen and oxygen atoms in total. The summed E-state index contributed by atoms with van der Waals surface area (Å²) >= 11 is 9.26. The first-order chi connectivity index (χ1) is 7.49. The lowest BCUT2D eigenvalue weighted by atomic mass is 9.87. The van der Waals surface area contributed by atoms with Crippen molar-refractivity contribution in [2.24, 2.45) is 5.41 Å². The first-order valence-electron chi connectivity index (χ1n) is 5.56. The molecular formula is C12H16BrClN2. The van der Waals surface area contributed by atoms with Crippen molar-refractivity contribution in [3.8, 4) is 0 Å². The molecule has 1 atom stereocenters. The second-order valence-corrected chi connectivity index (χ2v) is 6.29. The average Bonchev–Trinajstić information content (AvgIpc) is 2.52. The maximum Gasteiger partial charge on any atom is 0.143 e. The zero-order valence-corrected chi connectivity index (χ0v) is 11.9. The first-order valence-corrected chi connectivity index (χ1v) is 6.74. The van der Waals surface area contributed by atoms with Gasteiger partial charge in [0.2, 0.25) is 0 Å². The monoisotopic (exact) mass is 302 g/mol. The van der Waals surface area contributed by atoms with E-state index >= 15 is 0 Å². The molecule has 0 amide bonds. The molecular weight excluding hydrogens is 288 g/mol. The topological polar surface area (TPSA) is 24.9 Å². The van der Waals surface area contributed by atoms with Gasteiger partial charge >= 0.3 is 0 Å². The Hall–Kier alpha value is -0.280. The number of hydrogen-bond donors (Lipinski definition) is 1. The summed E-state index contributed by atoms with van der Waals surface area (Å²) in [5.74, 6) is 0. The van der Waals surface area contributed by atoms with Crippen LogP contribution in [0, 0.1) is 5.41 Å². The van der Waals surface area contributed by atoms with E-state index in [1.807, 2.05) is 6.07 Å². The lowest BCUT2D eigenvalue weighted by Gasteiger charge is -2.28. The van der Waals surface area contributed by atoms with Crippen LogP contribution in [-0.2, 0) is 0 Å². The summed E-state index contributed by atoms with van der Waals surface area (Å²) in [6.45, 7) is 4.63. The standard InChI is InChI=1S/C12H16BrClN2/c1-12(2)5-3-4-10(12)16-8-6-9(13)11(14)15-7-8/h6-7,10,16H,3-5H2,1-2H3. The molecule has 1 aliphatic rings. The van der Waals surface area contributed by atoms with E-state index in [0.29, 0.717) is 16.6 Å². The molecule has 1 saturated carbocycles. The molecule has 1 aromatic heterocycles. The van der Waals surface area contributed by atoms with Crippen LogP contribution in [0.15, 0.2) is 16.7 Å². The Morgan fingerprint density at radius 1 is 1.56 bits per heavy atom. The van der Waals surface area contributed by atoms with Crippen molar-refractivity contribution in [3.05, 3.63) is 21.9 Å². The number of hydrogen-bond acceptors (Lipinski definition) is 2. The van der Waals surface area contributed by atoms with Gasteiger partial charge in [-0.1, -0.05) is 31.9 Å². The van der Waals surface area contributed by atoms with Crippen LogP contribution < -0.4 is 5.32 Å². The zero-order chi connectivity index (χ0) is 11.8. The summed E-state index contributed by atoms with van der Waals surface area (Å²) in [7, 11) is 0. The fraction of sp³-hybridized carbons (Fsp3) is 0.583. The third-order valence-electron chi connectivity index (χ3n) is 3.39. The van der Waals surface area contributed by atoms with Gasteiger partial charge < -0.3 is 5.32 Å². The highest BCUT2D eigenvalue weighted by Crippen LogP contribution is 2.39. The van der Waals surface area contributed by atoms with E-state index in [4.69, 9.17) is 11.6 Å². The quantitative estimate of drug-likeness (QED) is 0.814. The van der Waals surface area contributed by atoms with E-state index in [9.17, 15) is 0 Å². The van der Waals surface area contributed by atoms with Crippen LogP contribution in [-0.4, -0.2) is 11.0 Å². The number of anilines is 1. The largest absolute Gasteiger partial charge is 0.380 e. The summed E-state index contributed by atoms with van der Waals surface area (Å²) < 4.78 is 0.843. The van der Waals surface area contributed by atoms with Crippen molar-refractivity contribution < 1.29 is 0 Å². The molecule has 0 saturated heterocycles. The normalized spacial score (nSPS) is 23.4. The third-order valence-corrected chi connectivity index (χ3v) is 4.53. The molecule has 16 heavy (non-hydrogen) atoms. The highest BCUT2D eigenvalue weighted by molar-refractivity contribution is 9.10. The minimum atomic E-state index is 0.367. The van der Waals surface area contributed by atoms with Crippen molar-refractivity contribution in [3.63, 3.8) is 0 Å². The maximum atomic E-state index is 5.87. The molecule has 0 bridgehead atoms. The fourth-order valence-corrected chi connectivity index (χ4v) is 2.75. The van der Waals surface area contributed by atoms with Crippen molar-refractivity contribution in [1.29, 1.82) is 0 Å². The van der Waals surface area contributed by atoms with Gasteiger partial charge in [-0.2, -0.15) is 0 Å². The molecule has 1 heterocycles. The minimum Gasteiger partial charge on any atom is -0.380 e. The summed E-state index contributed by atoms with van der Waals surface area (Å²) in [6.07, 6.45) is 5.61. The number of nitrogens with one attached hydrogen (secondary N) is 1. The summed E-state index contributed by atoms with van der Waals surface area (Å²) in [5.41, 5.74) is 1.41. The molecule has 1 unspecified atom stereocenters. The Morgan fingerprint density at radius 3 is 2.88 bits per heavy atom. The SMILES string of the molecule is CC1(C)CCCC1Nc1cnc(Cl)c(Br)c1. The molecule has 0 aromatic carbocycles. The number of aromatic nitrogens is 1. The van der Waals surface area contributed by atoms with Crippen molar-refractivity contribution in [2.75, 3.05) is 5.32 Å². The number of halogens is 2. The van der Waals surface area contributed by atoms with Gasteiger partial charge in [-0.25, -0.2) is 4.98 Å². The van der Waals surface area contributed by atoms with Gasteiger partial charge in [0, 0.05) is 6.04 Å². The van der Waals surface area contributed by atoms with Crippen LogP contribution in [0.4, 0.5) is 5.69 Å². The van der Waals surface area contributed by atoms with Gasteiger partial charge in [0.05, 0.1) is 16.4 Å². The van der Waals surface area contributed by atoms with Gasteiger partial charge in [-0.05, 0) is 40.3 Å². The Kier molecular flexibility index (Phi) is 3.45. The van der Waals surface area contributed by atoms with E-state index in [1.54, 1.807) is 6.20 Å². The number of pyridine rings is 1. The smallest absolute Gasteiger partial charge is 0.143 e. The zero-order valence-electron chi connectivity index (χ0n) is 9.56. The predicted octanol–water partition coefficient (Wildman–Crippen LogP) is 4.49. The first kappa shape index (κ1) is 12.2. The Bertz CT molecular complexity index is 393. The van der Waals surface area contributed by atoms with E-state index in [1.165, 1.54) is 19.3 Å². The second kappa shape index (κ2) is 4.53. The summed E-state index contributed by atoms with van der Waals surface area (Å²) in [4.78, 5) is 4.12. The summed E-state index contributed by atoms with van der Waals surface area (Å²) in [5, 5.41) is 4.06. The van der Waals surface area contributed by atoms with E-state index in [0.717, 1.165) is 10.2 Å². The van der Waals surface area contributed by atoms with Gasteiger partial charge in [-0.15, -0.1) is 0 Å². The van der Waals surface area contributed by atoms with Gasteiger partial charge in [-0.3, -0.25) is 0 Å². The molecule has 0 radical (unpaired) electrons. The lowest BCUT2D eigenvalue weighted by Crippen LogP contribution is -2.30. The molecule has 1 N–H and O–H groups in total. The van der Waals surface area contributed by atoms with Crippen molar-refractivity contribution >= 4 is 33.2 Å². The Labute approximate surface area is 110 Å². The van der Waals surface area contributed by atoms with Crippen LogP contribution in [0.25, 0.3) is 0 Å². The Balaban J connectivity index is 2.12. The summed E-state index contributed by atoms with van der Waals surface area (Å²) in [6, 6.07) is 2.52. The van der Waals surface area contributed by atoms with E-state index < -0.39 is 0 Å². The van der Waals surface area contributed by atoms with E-state index in [-0.39, 0.29) is 0 Å². The molecule has 88 valence electrons. The number of nitrogens with zero attached hydrogens (tertiary/aromatic N) is 1. The molecule has 0 spiro atoms. The van der Waals surface area contributed by atoms with Gasteiger partial charge in [0.25, 0.3) is 0 Å². The Morgan fingerprint density at radius 2 is 2.31 bits per heavy atom. The molecule has 4 heteroatoms. The van der Waals surface area contributed by atoms with Crippen LogP contribution in [0.2, 0.25) is 5.15 Å². The maximum absolute atomic E-state index is 5.87. The molecule has 1 fully saturated rings. The van der Waals surface area contributed by atoms with E-state index in [2.05, 4.69) is 40.1 Å². The molecule has 0 aliphatic heterocycles. The van der Waals surface area contributed by atoms with Crippen LogP contribution >= 0.6 is 27.5 Å². The molecule has 2 rings (SSSR count). The number of rotatable bonds is 2. The average molecular weight is 304 g/mol. The minimum absolute atomic E-state index is 0.367. The predicted molar refractivity (Wildman–Crippen MR) is 72.0 cm³/mol. The van der Waals surface area contributed by atoms with Crippen molar-refractivity contribution in [1.82, 2.24) is 4.98 Å². The molecule has 1 aromatic rings. The molecule has 1 aliphatic carbocycles.